The van der Waals surface area contributed by atoms with Crippen molar-refractivity contribution in [1.82, 2.24) is 0 Å². The van der Waals surface area contributed by atoms with Gasteiger partial charge in [-0.1, -0.05) is 32.9 Å². The summed E-state index contributed by atoms with van der Waals surface area (Å²) in [7, 11) is 3.15. The number of methoxy groups -OCH3 is 2. The second kappa shape index (κ2) is 10.0. The topological polar surface area (TPSA) is 56.8 Å². The van der Waals surface area contributed by atoms with Crippen molar-refractivity contribution in [3.8, 4) is 17.2 Å². The number of carbonyl (C=O) groups is 1. The molecule has 1 N–H and O–H groups in total. The molecule has 152 valence electrons. The van der Waals surface area contributed by atoms with Crippen LogP contribution in [-0.4, -0.2) is 26.7 Å². The molecule has 28 heavy (non-hydrogen) atoms. The van der Waals surface area contributed by atoms with Crippen LogP contribution < -0.4 is 19.5 Å². The number of hydrogen-bond donors (Lipinski definition) is 1. The predicted octanol–water partition coefficient (Wildman–Crippen LogP) is 5.19. The molecule has 2 aromatic carbocycles. The summed E-state index contributed by atoms with van der Waals surface area (Å²) >= 11 is 0. The van der Waals surface area contributed by atoms with Gasteiger partial charge >= 0.3 is 0 Å². The van der Waals surface area contributed by atoms with Crippen molar-refractivity contribution in [2.45, 2.75) is 45.4 Å². The van der Waals surface area contributed by atoms with E-state index in [0.29, 0.717) is 36.6 Å². The van der Waals surface area contributed by atoms with Gasteiger partial charge in [-0.05, 0) is 48.1 Å². The number of hydrogen-bond acceptors (Lipinski definition) is 4. The van der Waals surface area contributed by atoms with Gasteiger partial charge in [-0.3, -0.25) is 4.79 Å². The second-order valence-electron chi connectivity index (χ2n) is 7.33. The Balaban J connectivity index is 1.78. The van der Waals surface area contributed by atoms with E-state index in [-0.39, 0.29) is 11.3 Å². The van der Waals surface area contributed by atoms with Gasteiger partial charge in [0.2, 0.25) is 5.91 Å². The maximum absolute atomic E-state index is 12.2. The average molecular weight is 386 g/mol. The van der Waals surface area contributed by atoms with Crippen LogP contribution in [-0.2, 0) is 10.2 Å². The minimum Gasteiger partial charge on any atom is -0.497 e. The Morgan fingerprint density at radius 1 is 1.00 bits per heavy atom. The number of ether oxygens (including phenoxy) is 3. The molecule has 0 aromatic heterocycles. The third-order valence-electron chi connectivity index (χ3n) is 5.02. The Kier molecular flexibility index (Phi) is 7.73. The summed E-state index contributed by atoms with van der Waals surface area (Å²) in [6, 6.07) is 13.5. The van der Waals surface area contributed by atoms with Crippen molar-refractivity contribution >= 4 is 11.6 Å². The molecular formula is C23H31NO4. The fourth-order valence-corrected chi connectivity index (χ4v) is 2.74. The first-order valence-corrected chi connectivity index (χ1v) is 9.65. The lowest BCUT2D eigenvalue weighted by atomic mass is 9.82. The molecule has 0 aliphatic carbocycles. The van der Waals surface area contributed by atoms with Crippen molar-refractivity contribution in [3.63, 3.8) is 0 Å². The molecule has 0 aliphatic heterocycles. The standard InChI is InChI=1S/C23H31NO4/c1-6-23(2,3)17-9-11-18(12-10-17)28-15-7-8-22(25)24-20-14-13-19(26-4)16-21(20)27-5/h9-14,16H,6-8,15H2,1-5H3,(H,24,25). The first-order valence-electron chi connectivity index (χ1n) is 9.65. The van der Waals surface area contributed by atoms with E-state index in [1.54, 1.807) is 32.4 Å². The zero-order chi connectivity index (χ0) is 20.6. The zero-order valence-corrected chi connectivity index (χ0v) is 17.5. The number of nitrogens with one attached hydrogen (secondary N) is 1. The van der Waals surface area contributed by atoms with Crippen LogP contribution in [0, 0.1) is 0 Å². The van der Waals surface area contributed by atoms with Gasteiger partial charge in [0.1, 0.15) is 17.2 Å². The van der Waals surface area contributed by atoms with Crippen molar-refractivity contribution in [3.05, 3.63) is 48.0 Å². The van der Waals surface area contributed by atoms with Gasteiger partial charge in [0.25, 0.3) is 0 Å². The lowest BCUT2D eigenvalue weighted by Gasteiger charge is -2.23. The molecule has 0 atom stereocenters. The van der Waals surface area contributed by atoms with Crippen LogP contribution in [0.1, 0.15) is 45.6 Å². The molecule has 5 nitrogen and oxygen atoms in total. The summed E-state index contributed by atoms with van der Waals surface area (Å²) in [6.07, 6.45) is 2.09. The van der Waals surface area contributed by atoms with E-state index in [9.17, 15) is 4.79 Å². The monoisotopic (exact) mass is 385 g/mol. The van der Waals surface area contributed by atoms with E-state index < -0.39 is 0 Å². The Morgan fingerprint density at radius 2 is 1.68 bits per heavy atom. The third kappa shape index (κ3) is 5.91. The van der Waals surface area contributed by atoms with Gasteiger partial charge in [-0.2, -0.15) is 0 Å². The van der Waals surface area contributed by atoms with Crippen LogP contribution >= 0.6 is 0 Å². The minimum atomic E-state index is -0.0767. The first kappa shape index (κ1) is 21.6. The Bertz CT molecular complexity index is 769. The molecule has 0 saturated heterocycles. The quantitative estimate of drug-likeness (QED) is 0.572. The Hall–Kier alpha value is -2.69. The summed E-state index contributed by atoms with van der Waals surface area (Å²) in [5.41, 5.74) is 2.09. The fraction of sp³-hybridized carbons (Fsp3) is 0.435. The van der Waals surface area contributed by atoms with Crippen molar-refractivity contribution in [2.24, 2.45) is 0 Å². The van der Waals surface area contributed by atoms with Crippen LogP contribution in [0.25, 0.3) is 0 Å². The van der Waals surface area contributed by atoms with Crippen LogP contribution in [0.4, 0.5) is 5.69 Å². The SMILES string of the molecule is CCC(C)(C)c1ccc(OCCCC(=O)Nc2ccc(OC)cc2OC)cc1. The number of rotatable bonds is 10. The summed E-state index contributed by atoms with van der Waals surface area (Å²) in [6.45, 7) is 7.15. The number of benzene rings is 2. The first-order chi connectivity index (χ1) is 13.4. The van der Waals surface area contributed by atoms with Gasteiger partial charge < -0.3 is 19.5 Å². The molecule has 0 saturated carbocycles. The van der Waals surface area contributed by atoms with Gasteiger partial charge in [-0.15, -0.1) is 0 Å². The van der Waals surface area contributed by atoms with Gasteiger partial charge in [0.05, 0.1) is 26.5 Å². The normalized spacial score (nSPS) is 11.0. The highest BCUT2D eigenvalue weighted by Gasteiger charge is 2.17. The van der Waals surface area contributed by atoms with E-state index in [2.05, 4.69) is 38.2 Å². The molecule has 0 heterocycles. The highest BCUT2D eigenvalue weighted by atomic mass is 16.5. The molecule has 2 aromatic rings. The summed E-state index contributed by atoms with van der Waals surface area (Å²) < 4.78 is 16.2. The van der Waals surface area contributed by atoms with E-state index in [1.807, 2.05) is 12.1 Å². The van der Waals surface area contributed by atoms with Crippen LogP contribution in [0.3, 0.4) is 0 Å². The molecule has 0 aliphatic rings. The summed E-state index contributed by atoms with van der Waals surface area (Å²) in [4.78, 5) is 12.2. The maximum atomic E-state index is 12.2. The lowest BCUT2D eigenvalue weighted by molar-refractivity contribution is -0.116. The molecule has 0 bridgehead atoms. The van der Waals surface area contributed by atoms with Crippen LogP contribution in [0.5, 0.6) is 17.2 Å². The summed E-state index contributed by atoms with van der Waals surface area (Å²) in [5, 5.41) is 2.87. The maximum Gasteiger partial charge on any atom is 0.224 e. The predicted molar refractivity (Wildman–Crippen MR) is 113 cm³/mol. The molecule has 0 unspecified atom stereocenters. The van der Waals surface area contributed by atoms with Gasteiger partial charge in [0.15, 0.2) is 0 Å². The van der Waals surface area contributed by atoms with Crippen molar-refractivity contribution in [2.75, 3.05) is 26.1 Å². The smallest absolute Gasteiger partial charge is 0.224 e. The molecule has 1 amide bonds. The Labute approximate surface area is 168 Å². The summed E-state index contributed by atoms with van der Waals surface area (Å²) in [5.74, 6) is 2.00. The van der Waals surface area contributed by atoms with Crippen LogP contribution in [0.2, 0.25) is 0 Å². The van der Waals surface area contributed by atoms with E-state index in [4.69, 9.17) is 14.2 Å². The highest BCUT2D eigenvalue weighted by molar-refractivity contribution is 5.92. The number of amides is 1. The van der Waals surface area contributed by atoms with E-state index in [0.717, 1.165) is 12.2 Å². The van der Waals surface area contributed by atoms with Crippen LogP contribution in [0.15, 0.2) is 42.5 Å². The average Bonchev–Trinajstić information content (AvgIpc) is 2.71. The molecule has 0 spiro atoms. The lowest BCUT2D eigenvalue weighted by Crippen LogP contribution is -2.15. The molecule has 2 rings (SSSR count). The number of carbonyl (C=O) groups excluding carboxylic acids is 1. The minimum absolute atomic E-state index is 0.0767. The van der Waals surface area contributed by atoms with Crippen molar-refractivity contribution in [1.29, 1.82) is 0 Å². The largest absolute Gasteiger partial charge is 0.497 e. The molecular weight excluding hydrogens is 354 g/mol. The van der Waals surface area contributed by atoms with E-state index >= 15 is 0 Å². The van der Waals surface area contributed by atoms with E-state index in [1.165, 1.54) is 5.56 Å². The fourth-order valence-electron chi connectivity index (χ4n) is 2.74. The highest BCUT2D eigenvalue weighted by Crippen LogP contribution is 2.29. The molecule has 0 fully saturated rings. The number of anilines is 1. The third-order valence-corrected chi connectivity index (χ3v) is 5.02. The van der Waals surface area contributed by atoms with Crippen molar-refractivity contribution < 1.29 is 19.0 Å². The Morgan fingerprint density at radius 3 is 2.29 bits per heavy atom. The molecule has 0 radical (unpaired) electrons. The van der Waals surface area contributed by atoms with Gasteiger partial charge in [0, 0.05) is 12.5 Å². The van der Waals surface area contributed by atoms with Gasteiger partial charge in [-0.25, -0.2) is 0 Å². The molecule has 5 heteroatoms. The second-order valence-corrected chi connectivity index (χ2v) is 7.33. The zero-order valence-electron chi connectivity index (χ0n) is 17.5.